The summed E-state index contributed by atoms with van der Waals surface area (Å²) in [6, 6.07) is 6.97. The van der Waals surface area contributed by atoms with E-state index in [1.165, 1.54) is 0 Å². The molecule has 0 amide bonds. The molecule has 16 heavy (non-hydrogen) atoms. The van der Waals surface area contributed by atoms with Gasteiger partial charge >= 0.3 is 5.97 Å². The maximum Gasteiger partial charge on any atom is 0.303 e. The highest BCUT2D eigenvalue weighted by atomic mass is 35.5. The third-order valence-corrected chi connectivity index (χ3v) is 3.01. The number of carbonyl (C=O) groups excluding carboxylic acids is 1. The van der Waals surface area contributed by atoms with Gasteiger partial charge in [-0.15, -0.1) is 0 Å². The summed E-state index contributed by atoms with van der Waals surface area (Å²) in [5.74, 6) is -0.871. The lowest BCUT2D eigenvalue weighted by molar-refractivity contribution is -0.137. The van der Waals surface area contributed by atoms with E-state index in [1.807, 2.05) is 0 Å². The van der Waals surface area contributed by atoms with E-state index >= 15 is 0 Å². The van der Waals surface area contributed by atoms with Crippen LogP contribution in [-0.4, -0.2) is 16.2 Å². The Balaban J connectivity index is 2.34. The van der Waals surface area contributed by atoms with Crippen molar-refractivity contribution in [3.05, 3.63) is 29.3 Å². The van der Waals surface area contributed by atoms with Gasteiger partial charge in [0.25, 0.3) is 0 Å². The molecular formula is C11H11ClO3S. The summed E-state index contributed by atoms with van der Waals surface area (Å²) in [7, 11) is 0. The third kappa shape index (κ3) is 5.19. The zero-order chi connectivity index (χ0) is 12.0. The van der Waals surface area contributed by atoms with Crippen molar-refractivity contribution >= 4 is 34.4 Å². The Morgan fingerprint density at radius 3 is 2.38 bits per heavy atom. The molecule has 0 saturated heterocycles. The predicted molar refractivity (Wildman–Crippen MR) is 63.8 cm³/mol. The normalized spacial score (nSPS) is 10.1. The molecule has 86 valence electrons. The Morgan fingerprint density at radius 1 is 1.19 bits per heavy atom. The molecule has 5 heteroatoms. The van der Waals surface area contributed by atoms with Gasteiger partial charge in [0.2, 0.25) is 0 Å². The molecule has 1 aromatic carbocycles. The van der Waals surface area contributed by atoms with Crippen LogP contribution in [-0.2, 0) is 9.59 Å². The topological polar surface area (TPSA) is 54.4 Å². The Labute approximate surface area is 103 Å². The van der Waals surface area contributed by atoms with Crippen molar-refractivity contribution in [3.8, 4) is 0 Å². The van der Waals surface area contributed by atoms with Crippen molar-refractivity contribution in [2.24, 2.45) is 0 Å². The van der Waals surface area contributed by atoms with Crippen LogP contribution in [0.1, 0.15) is 19.3 Å². The second-order valence-corrected chi connectivity index (χ2v) is 4.74. The lowest BCUT2D eigenvalue weighted by Gasteiger charge is -2.00. The van der Waals surface area contributed by atoms with Crippen molar-refractivity contribution in [2.75, 3.05) is 0 Å². The minimum absolute atomic E-state index is 0.0245. The highest BCUT2D eigenvalue weighted by molar-refractivity contribution is 8.13. The molecule has 0 aliphatic rings. The highest BCUT2D eigenvalue weighted by Crippen LogP contribution is 2.22. The summed E-state index contributed by atoms with van der Waals surface area (Å²) in [5.41, 5.74) is 0. The van der Waals surface area contributed by atoms with E-state index in [0.717, 1.165) is 16.7 Å². The van der Waals surface area contributed by atoms with Crippen molar-refractivity contribution in [1.82, 2.24) is 0 Å². The minimum atomic E-state index is -0.871. The summed E-state index contributed by atoms with van der Waals surface area (Å²) in [6.45, 7) is 0. The lowest BCUT2D eigenvalue weighted by atomic mass is 10.2. The van der Waals surface area contributed by atoms with Gasteiger partial charge in [0.1, 0.15) is 0 Å². The fraction of sp³-hybridized carbons (Fsp3) is 0.273. The first kappa shape index (κ1) is 13.1. The molecule has 0 unspecified atom stereocenters. The number of hydrogen-bond acceptors (Lipinski definition) is 3. The molecule has 0 saturated carbocycles. The molecule has 0 radical (unpaired) electrons. The molecule has 0 aliphatic heterocycles. The first-order valence-electron chi connectivity index (χ1n) is 4.76. The Bertz CT molecular complexity index is 375. The molecule has 3 nitrogen and oxygen atoms in total. The number of aliphatic carboxylic acids is 1. The van der Waals surface area contributed by atoms with Gasteiger partial charge in [-0.05, 0) is 30.7 Å². The number of halogens is 1. The average molecular weight is 259 g/mol. The highest BCUT2D eigenvalue weighted by Gasteiger charge is 2.06. The number of carboxylic acids is 1. The Kier molecular flexibility index (Phi) is 5.35. The zero-order valence-corrected chi connectivity index (χ0v) is 10.1. The van der Waals surface area contributed by atoms with Gasteiger partial charge in [0.15, 0.2) is 5.12 Å². The molecule has 1 rings (SSSR count). The Morgan fingerprint density at radius 2 is 1.81 bits per heavy atom. The molecule has 0 heterocycles. The van der Waals surface area contributed by atoms with Crippen LogP contribution in [0.3, 0.4) is 0 Å². The molecule has 0 spiro atoms. The lowest BCUT2D eigenvalue weighted by Crippen LogP contribution is -1.97. The first-order chi connectivity index (χ1) is 7.58. The van der Waals surface area contributed by atoms with Gasteiger partial charge in [-0.25, -0.2) is 0 Å². The number of thioether (sulfide) groups is 1. The van der Waals surface area contributed by atoms with Crippen LogP contribution in [0.5, 0.6) is 0 Å². The van der Waals surface area contributed by atoms with Crippen molar-refractivity contribution < 1.29 is 14.7 Å². The maximum atomic E-state index is 11.4. The van der Waals surface area contributed by atoms with E-state index in [0.29, 0.717) is 11.4 Å². The number of rotatable bonds is 5. The van der Waals surface area contributed by atoms with E-state index in [2.05, 4.69) is 0 Å². The minimum Gasteiger partial charge on any atom is -0.481 e. The molecule has 0 atom stereocenters. The monoisotopic (exact) mass is 258 g/mol. The van der Waals surface area contributed by atoms with Crippen LogP contribution < -0.4 is 0 Å². The smallest absolute Gasteiger partial charge is 0.303 e. The van der Waals surface area contributed by atoms with Crippen LogP contribution >= 0.6 is 23.4 Å². The fourth-order valence-electron chi connectivity index (χ4n) is 1.07. The second-order valence-electron chi connectivity index (χ2n) is 3.18. The number of benzene rings is 1. The zero-order valence-electron chi connectivity index (χ0n) is 8.48. The van der Waals surface area contributed by atoms with Crippen LogP contribution in [0, 0.1) is 0 Å². The van der Waals surface area contributed by atoms with Crippen LogP contribution in [0.25, 0.3) is 0 Å². The van der Waals surface area contributed by atoms with Gasteiger partial charge in [0, 0.05) is 22.8 Å². The molecular weight excluding hydrogens is 248 g/mol. The largest absolute Gasteiger partial charge is 0.481 e. The molecule has 0 bridgehead atoms. The predicted octanol–water partition coefficient (Wildman–Crippen LogP) is 3.21. The summed E-state index contributed by atoms with van der Waals surface area (Å²) in [5, 5.41) is 9.02. The van der Waals surface area contributed by atoms with Gasteiger partial charge in [-0.3, -0.25) is 9.59 Å². The van der Waals surface area contributed by atoms with E-state index in [4.69, 9.17) is 16.7 Å². The molecule has 0 fully saturated rings. The van der Waals surface area contributed by atoms with Gasteiger partial charge < -0.3 is 5.11 Å². The fourth-order valence-corrected chi connectivity index (χ4v) is 1.98. The molecule has 0 aliphatic carbocycles. The third-order valence-electron chi connectivity index (χ3n) is 1.82. The maximum absolute atomic E-state index is 11.4. The molecule has 1 N–H and O–H groups in total. The Hall–Kier alpha value is -1.00. The number of carboxylic acid groups (broad SMARTS) is 1. The quantitative estimate of drug-likeness (QED) is 0.824. The van der Waals surface area contributed by atoms with E-state index in [9.17, 15) is 9.59 Å². The molecule has 1 aromatic rings. The molecule has 0 aromatic heterocycles. The van der Waals surface area contributed by atoms with Crippen molar-refractivity contribution in [2.45, 2.75) is 24.2 Å². The summed E-state index contributed by atoms with van der Waals surface area (Å²) in [6.07, 6.45) is 0.696. The summed E-state index contributed by atoms with van der Waals surface area (Å²) < 4.78 is 0. The van der Waals surface area contributed by atoms with Crippen molar-refractivity contribution in [1.29, 1.82) is 0 Å². The van der Waals surface area contributed by atoms with Gasteiger partial charge in [0.05, 0.1) is 0 Å². The van der Waals surface area contributed by atoms with Gasteiger partial charge in [-0.2, -0.15) is 0 Å². The van der Waals surface area contributed by atoms with E-state index in [-0.39, 0.29) is 18.0 Å². The van der Waals surface area contributed by atoms with Gasteiger partial charge in [-0.1, -0.05) is 23.4 Å². The van der Waals surface area contributed by atoms with Crippen LogP contribution in [0.15, 0.2) is 29.2 Å². The average Bonchev–Trinajstić information content (AvgIpc) is 2.21. The standard InChI is InChI=1S/C11H11ClO3S/c12-8-4-6-9(7-5-8)16-11(15)3-1-2-10(13)14/h4-7H,1-3H2,(H,13,14). The number of hydrogen-bond donors (Lipinski definition) is 1. The first-order valence-corrected chi connectivity index (χ1v) is 5.95. The van der Waals surface area contributed by atoms with E-state index < -0.39 is 5.97 Å². The summed E-state index contributed by atoms with van der Waals surface area (Å²) >= 11 is 6.82. The van der Waals surface area contributed by atoms with Crippen molar-refractivity contribution in [3.63, 3.8) is 0 Å². The number of carbonyl (C=O) groups is 2. The van der Waals surface area contributed by atoms with Crippen LogP contribution in [0.2, 0.25) is 5.02 Å². The van der Waals surface area contributed by atoms with E-state index in [1.54, 1.807) is 24.3 Å². The second kappa shape index (κ2) is 6.55. The summed E-state index contributed by atoms with van der Waals surface area (Å²) in [4.78, 5) is 22.5. The SMILES string of the molecule is O=C(O)CCCC(=O)Sc1ccc(Cl)cc1. The van der Waals surface area contributed by atoms with Crippen LogP contribution in [0.4, 0.5) is 0 Å².